The topological polar surface area (TPSA) is 121 Å². The molecule has 0 radical (unpaired) electrons. The Bertz CT molecular complexity index is 966. The van der Waals surface area contributed by atoms with Crippen molar-refractivity contribution in [3.8, 4) is 11.6 Å². The van der Waals surface area contributed by atoms with Gasteiger partial charge in [-0.15, -0.1) is 0 Å². The highest BCUT2D eigenvalue weighted by atomic mass is 32.2. The Kier molecular flexibility index (Phi) is 6.41. The van der Waals surface area contributed by atoms with Gasteiger partial charge in [-0.3, -0.25) is 10.1 Å². The van der Waals surface area contributed by atoms with Crippen LogP contribution in [0.1, 0.15) is 5.56 Å². The van der Waals surface area contributed by atoms with Crippen molar-refractivity contribution < 1.29 is 36.0 Å². The molecule has 0 bridgehead atoms. The highest BCUT2D eigenvalue weighted by molar-refractivity contribution is 7.89. The normalized spacial score (nSPS) is 11.9. The lowest BCUT2D eigenvalue weighted by molar-refractivity contribution is -0.385. The average molecular weight is 421 g/mol. The number of aromatic nitrogens is 1. The number of hydrogen-bond acceptors (Lipinski definition) is 7. The number of sulfonamides is 1. The molecule has 2 aromatic rings. The van der Waals surface area contributed by atoms with Crippen LogP contribution in [-0.4, -0.2) is 38.2 Å². The zero-order valence-corrected chi connectivity index (χ0v) is 15.1. The van der Waals surface area contributed by atoms with Gasteiger partial charge in [-0.05, 0) is 17.7 Å². The van der Waals surface area contributed by atoms with Crippen LogP contribution >= 0.6 is 0 Å². The van der Waals surface area contributed by atoms with Crippen molar-refractivity contribution in [2.75, 3.05) is 13.7 Å². The molecule has 0 unspecified atom stereocenters. The standard InChI is InChI=1S/C15H14F3N3O6S/c1-26-12-3-2-11(21(22)23)7-13(12)28(24,25)20-8-10-4-5-19-14(6-10)27-9-15(16,17)18/h2-7,20H,8-9H2,1H3. The van der Waals surface area contributed by atoms with Crippen molar-refractivity contribution in [1.29, 1.82) is 0 Å². The van der Waals surface area contributed by atoms with E-state index >= 15 is 0 Å². The molecule has 0 aliphatic rings. The molecule has 2 rings (SSSR count). The molecule has 1 heterocycles. The predicted molar refractivity (Wildman–Crippen MR) is 89.5 cm³/mol. The summed E-state index contributed by atoms with van der Waals surface area (Å²) in [5, 5.41) is 10.9. The highest BCUT2D eigenvalue weighted by Crippen LogP contribution is 2.28. The molecule has 0 atom stereocenters. The number of ether oxygens (including phenoxy) is 2. The van der Waals surface area contributed by atoms with E-state index in [-0.39, 0.29) is 23.7 Å². The number of benzene rings is 1. The number of nitrogens with zero attached hydrogens (tertiary/aromatic N) is 2. The van der Waals surface area contributed by atoms with Crippen molar-refractivity contribution >= 4 is 15.7 Å². The second-order valence-electron chi connectivity index (χ2n) is 5.32. The maximum Gasteiger partial charge on any atom is 0.422 e. The maximum absolute atomic E-state index is 12.5. The fourth-order valence-electron chi connectivity index (χ4n) is 2.04. The van der Waals surface area contributed by atoms with Gasteiger partial charge in [0, 0.05) is 30.9 Å². The lowest BCUT2D eigenvalue weighted by Gasteiger charge is -2.12. The van der Waals surface area contributed by atoms with Crippen LogP contribution in [0.4, 0.5) is 18.9 Å². The van der Waals surface area contributed by atoms with E-state index in [2.05, 4.69) is 14.4 Å². The molecule has 0 spiro atoms. The zero-order valence-electron chi connectivity index (χ0n) is 14.3. The first-order chi connectivity index (χ1) is 13.0. The zero-order chi connectivity index (χ0) is 20.9. The summed E-state index contributed by atoms with van der Waals surface area (Å²) in [4.78, 5) is 13.3. The van der Waals surface area contributed by atoms with Gasteiger partial charge >= 0.3 is 6.18 Å². The minimum absolute atomic E-state index is 0.109. The second-order valence-corrected chi connectivity index (χ2v) is 7.06. The molecule has 13 heteroatoms. The van der Waals surface area contributed by atoms with Crippen molar-refractivity contribution in [2.45, 2.75) is 17.6 Å². The number of pyridine rings is 1. The highest BCUT2D eigenvalue weighted by Gasteiger charge is 2.28. The molecule has 0 saturated carbocycles. The molecule has 0 aliphatic heterocycles. The molecule has 0 fully saturated rings. The number of methoxy groups -OCH3 is 1. The van der Waals surface area contributed by atoms with E-state index in [0.29, 0.717) is 0 Å². The van der Waals surface area contributed by atoms with Crippen molar-refractivity contribution in [2.24, 2.45) is 0 Å². The van der Waals surface area contributed by atoms with Crippen LogP contribution in [0.15, 0.2) is 41.4 Å². The minimum Gasteiger partial charge on any atom is -0.495 e. The smallest absolute Gasteiger partial charge is 0.422 e. The van der Waals surface area contributed by atoms with E-state index in [1.54, 1.807) is 0 Å². The van der Waals surface area contributed by atoms with Gasteiger partial charge in [0.05, 0.1) is 12.0 Å². The summed E-state index contributed by atoms with van der Waals surface area (Å²) in [5.74, 6) is -0.441. The molecule has 0 amide bonds. The molecule has 1 N–H and O–H groups in total. The monoisotopic (exact) mass is 421 g/mol. The number of nitro groups is 1. The van der Waals surface area contributed by atoms with E-state index in [4.69, 9.17) is 4.74 Å². The Balaban J connectivity index is 2.18. The van der Waals surface area contributed by atoms with E-state index in [0.717, 1.165) is 30.5 Å². The van der Waals surface area contributed by atoms with Crippen LogP contribution in [0.5, 0.6) is 11.6 Å². The summed E-state index contributed by atoms with van der Waals surface area (Å²) in [5.41, 5.74) is -0.187. The lowest BCUT2D eigenvalue weighted by atomic mass is 10.3. The molecular weight excluding hydrogens is 407 g/mol. The quantitative estimate of drug-likeness (QED) is 0.513. The number of nitro benzene ring substituents is 1. The van der Waals surface area contributed by atoms with Gasteiger partial charge in [0.2, 0.25) is 15.9 Å². The largest absolute Gasteiger partial charge is 0.495 e. The Morgan fingerprint density at radius 3 is 2.57 bits per heavy atom. The molecule has 1 aromatic heterocycles. The summed E-state index contributed by atoms with van der Waals surface area (Å²) in [7, 11) is -3.02. The minimum atomic E-state index is -4.54. The van der Waals surface area contributed by atoms with Crippen molar-refractivity contribution in [1.82, 2.24) is 9.71 Å². The van der Waals surface area contributed by atoms with Crippen molar-refractivity contribution in [3.05, 3.63) is 52.2 Å². The first-order valence-corrected chi connectivity index (χ1v) is 8.97. The Morgan fingerprint density at radius 2 is 1.96 bits per heavy atom. The second kappa shape index (κ2) is 8.39. The summed E-state index contributed by atoms with van der Waals surface area (Å²) < 4.78 is 73.2. The van der Waals surface area contributed by atoms with Crippen LogP contribution in [-0.2, 0) is 16.6 Å². The molecule has 9 nitrogen and oxygen atoms in total. The predicted octanol–water partition coefficient (Wildman–Crippen LogP) is 2.42. The van der Waals surface area contributed by atoms with Crippen LogP contribution in [0.2, 0.25) is 0 Å². The van der Waals surface area contributed by atoms with E-state index in [1.807, 2.05) is 0 Å². The lowest BCUT2D eigenvalue weighted by Crippen LogP contribution is -2.24. The van der Waals surface area contributed by atoms with Crippen LogP contribution in [0.25, 0.3) is 0 Å². The first kappa shape index (κ1) is 21.4. The van der Waals surface area contributed by atoms with E-state index in [9.17, 15) is 31.7 Å². The summed E-state index contributed by atoms with van der Waals surface area (Å²) in [6, 6.07) is 5.57. The Morgan fingerprint density at radius 1 is 1.25 bits per heavy atom. The van der Waals surface area contributed by atoms with Gasteiger partial charge in [-0.2, -0.15) is 13.2 Å². The fourth-order valence-corrected chi connectivity index (χ4v) is 3.24. The van der Waals surface area contributed by atoms with Crippen LogP contribution < -0.4 is 14.2 Å². The molecular formula is C15H14F3N3O6S. The van der Waals surface area contributed by atoms with E-state index in [1.165, 1.54) is 13.2 Å². The molecule has 0 saturated heterocycles. The Hall–Kier alpha value is -2.93. The summed E-state index contributed by atoms with van der Waals surface area (Å²) in [6.45, 7) is -1.86. The summed E-state index contributed by atoms with van der Waals surface area (Å²) >= 11 is 0. The van der Waals surface area contributed by atoms with E-state index < -0.39 is 38.3 Å². The molecule has 28 heavy (non-hydrogen) atoms. The van der Waals surface area contributed by atoms with Gasteiger partial charge in [0.25, 0.3) is 5.69 Å². The SMILES string of the molecule is COc1ccc([N+](=O)[O-])cc1S(=O)(=O)NCc1ccnc(OCC(F)(F)F)c1. The third kappa shape index (κ3) is 5.79. The van der Waals surface area contributed by atoms with Gasteiger partial charge in [-0.25, -0.2) is 18.1 Å². The number of non-ortho nitro benzene ring substituents is 1. The van der Waals surface area contributed by atoms with Gasteiger partial charge in [0.15, 0.2) is 6.61 Å². The number of alkyl halides is 3. The number of halogens is 3. The van der Waals surface area contributed by atoms with Crippen LogP contribution in [0, 0.1) is 10.1 Å². The third-order valence-electron chi connectivity index (χ3n) is 3.30. The third-order valence-corrected chi connectivity index (χ3v) is 4.72. The van der Waals surface area contributed by atoms with Gasteiger partial charge < -0.3 is 9.47 Å². The molecule has 1 aromatic carbocycles. The Labute approximate surface area is 157 Å². The number of nitrogens with one attached hydrogen (secondary N) is 1. The van der Waals surface area contributed by atoms with Gasteiger partial charge in [-0.1, -0.05) is 0 Å². The fraction of sp³-hybridized carbons (Fsp3) is 0.267. The van der Waals surface area contributed by atoms with Crippen LogP contribution in [0.3, 0.4) is 0 Å². The molecule has 152 valence electrons. The van der Waals surface area contributed by atoms with Gasteiger partial charge in [0.1, 0.15) is 10.6 Å². The number of rotatable bonds is 8. The first-order valence-electron chi connectivity index (χ1n) is 7.48. The van der Waals surface area contributed by atoms with Crippen molar-refractivity contribution in [3.63, 3.8) is 0 Å². The number of hydrogen-bond donors (Lipinski definition) is 1. The average Bonchev–Trinajstić information content (AvgIpc) is 2.64. The summed E-state index contributed by atoms with van der Waals surface area (Å²) in [6.07, 6.45) is -3.39. The maximum atomic E-state index is 12.5. The molecule has 0 aliphatic carbocycles.